The molecule has 1 saturated heterocycles. The van der Waals surface area contributed by atoms with Gasteiger partial charge in [0, 0.05) is 19.5 Å². The van der Waals surface area contributed by atoms with Gasteiger partial charge in [0.15, 0.2) is 0 Å². The molecule has 0 aromatic heterocycles. The fraction of sp³-hybridized carbons (Fsp3) is 0.562. The van der Waals surface area contributed by atoms with Crippen LogP contribution in [0.2, 0.25) is 0 Å². The second-order valence-electron chi connectivity index (χ2n) is 5.25. The highest BCUT2D eigenvalue weighted by Crippen LogP contribution is 2.20. The highest BCUT2D eigenvalue weighted by atomic mass is 16.5. The Labute approximate surface area is 121 Å². The number of likely N-dealkylation sites (tertiary alicyclic amines) is 1. The van der Waals surface area contributed by atoms with Gasteiger partial charge in [0.2, 0.25) is 5.91 Å². The van der Waals surface area contributed by atoms with Crippen molar-refractivity contribution >= 4 is 5.91 Å². The van der Waals surface area contributed by atoms with Crippen molar-refractivity contribution in [1.82, 2.24) is 10.2 Å². The van der Waals surface area contributed by atoms with Crippen molar-refractivity contribution in [3.8, 4) is 5.75 Å². The minimum Gasteiger partial charge on any atom is -0.494 e. The smallest absolute Gasteiger partial charge is 0.222 e. The van der Waals surface area contributed by atoms with Crippen LogP contribution in [0.25, 0.3) is 0 Å². The SMILES string of the molecule is CCOc1cccc(CN2CCC(C(=O)NC)CC2)c1. The molecule has 0 bridgehead atoms. The van der Waals surface area contributed by atoms with Crippen molar-refractivity contribution in [2.24, 2.45) is 5.92 Å². The van der Waals surface area contributed by atoms with Crippen LogP contribution in [0.15, 0.2) is 24.3 Å². The van der Waals surface area contributed by atoms with E-state index in [0.29, 0.717) is 6.61 Å². The van der Waals surface area contributed by atoms with Gasteiger partial charge in [-0.1, -0.05) is 12.1 Å². The normalized spacial score (nSPS) is 16.9. The fourth-order valence-corrected chi connectivity index (χ4v) is 2.72. The highest BCUT2D eigenvalue weighted by Gasteiger charge is 2.23. The third-order valence-corrected chi connectivity index (χ3v) is 3.82. The molecule has 0 radical (unpaired) electrons. The minimum absolute atomic E-state index is 0.183. The van der Waals surface area contributed by atoms with Crippen molar-refractivity contribution in [3.05, 3.63) is 29.8 Å². The number of rotatable bonds is 5. The first kappa shape index (κ1) is 14.9. The van der Waals surface area contributed by atoms with E-state index in [0.717, 1.165) is 38.2 Å². The number of carbonyl (C=O) groups is 1. The Balaban J connectivity index is 1.86. The van der Waals surface area contributed by atoms with Gasteiger partial charge in [-0.15, -0.1) is 0 Å². The Hall–Kier alpha value is -1.55. The quantitative estimate of drug-likeness (QED) is 0.895. The molecule has 0 spiro atoms. The molecule has 0 unspecified atom stereocenters. The van der Waals surface area contributed by atoms with Crippen LogP contribution < -0.4 is 10.1 Å². The third kappa shape index (κ3) is 3.97. The monoisotopic (exact) mass is 276 g/mol. The molecular weight excluding hydrogens is 252 g/mol. The molecule has 0 atom stereocenters. The van der Waals surface area contributed by atoms with E-state index in [9.17, 15) is 4.79 Å². The van der Waals surface area contributed by atoms with E-state index >= 15 is 0 Å². The van der Waals surface area contributed by atoms with Crippen molar-refractivity contribution in [2.75, 3.05) is 26.7 Å². The molecule has 2 rings (SSSR count). The van der Waals surface area contributed by atoms with Gasteiger partial charge in [-0.2, -0.15) is 0 Å². The first-order chi connectivity index (χ1) is 9.72. The van der Waals surface area contributed by atoms with Gasteiger partial charge < -0.3 is 10.1 Å². The third-order valence-electron chi connectivity index (χ3n) is 3.82. The summed E-state index contributed by atoms with van der Waals surface area (Å²) in [6, 6.07) is 8.27. The number of piperidine rings is 1. The van der Waals surface area contributed by atoms with Crippen LogP contribution in [0.3, 0.4) is 0 Å². The number of nitrogens with one attached hydrogen (secondary N) is 1. The average molecular weight is 276 g/mol. The molecule has 4 heteroatoms. The number of hydrogen-bond donors (Lipinski definition) is 1. The molecule has 110 valence electrons. The van der Waals surface area contributed by atoms with E-state index in [1.54, 1.807) is 7.05 Å². The van der Waals surface area contributed by atoms with Gasteiger partial charge in [-0.3, -0.25) is 9.69 Å². The fourth-order valence-electron chi connectivity index (χ4n) is 2.72. The topological polar surface area (TPSA) is 41.6 Å². The zero-order valence-corrected chi connectivity index (χ0v) is 12.4. The molecule has 1 N–H and O–H groups in total. The van der Waals surface area contributed by atoms with Crippen molar-refractivity contribution in [1.29, 1.82) is 0 Å². The molecule has 0 saturated carbocycles. The Morgan fingerprint density at radius 1 is 1.40 bits per heavy atom. The number of carbonyl (C=O) groups excluding carboxylic acids is 1. The molecule has 4 nitrogen and oxygen atoms in total. The molecule has 20 heavy (non-hydrogen) atoms. The zero-order chi connectivity index (χ0) is 14.4. The standard InChI is InChI=1S/C16H24N2O2/c1-3-20-15-6-4-5-13(11-15)12-18-9-7-14(8-10-18)16(19)17-2/h4-6,11,14H,3,7-10,12H2,1-2H3,(H,17,19). The largest absolute Gasteiger partial charge is 0.494 e. The van der Waals surface area contributed by atoms with Crippen LogP contribution in [-0.4, -0.2) is 37.6 Å². The first-order valence-electron chi connectivity index (χ1n) is 7.38. The number of benzene rings is 1. The number of ether oxygens (including phenoxy) is 1. The summed E-state index contributed by atoms with van der Waals surface area (Å²) >= 11 is 0. The van der Waals surface area contributed by atoms with Crippen LogP contribution in [0, 0.1) is 5.92 Å². The summed E-state index contributed by atoms with van der Waals surface area (Å²) in [4.78, 5) is 14.0. The average Bonchev–Trinajstić information content (AvgIpc) is 2.48. The molecule has 1 amide bonds. The molecule has 1 aliphatic heterocycles. The van der Waals surface area contributed by atoms with E-state index in [-0.39, 0.29) is 11.8 Å². The summed E-state index contributed by atoms with van der Waals surface area (Å²) in [7, 11) is 1.72. The van der Waals surface area contributed by atoms with E-state index in [4.69, 9.17) is 4.74 Å². The van der Waals surface area contributed by atoms with E-state index < -0.39 is 0 Å². The zero-order valence-electron chi connectivity index (χ0n) is 12.4. The molecular formula is C16H24N2O2. The van der Waals surface area contributed by atoms with Gasteiger partial charge >= 0.3 is 0 Å². The second kappa shape index (κ2) is 7.29. The Morgan fingerprint density at radius 3 is 2.80 bits per heavy atom. The second-order valence-corrected chi connectivity index (χ2v) is 5.25. The summed E-state index contributed by atoms with van der Waals surface area (Å²) < 4.78 is 5.53. The van der Waals surface area contributed by atoms with Crippen LogP contribution in [0.4, 0.5) is 0 Å². The van der Waals surface area contributed by atoms with Crippen molar-refractivity contribution in [3.63, 3.8) is 0 Å². The van der Waals surface area contributed by atoms with E-state index in [2.05, 4.69) is 22.3 Å². The maximum absolute atomic E-state index is 11.6. The lowest BCUT2D eigenvalue weighted by Gasteiger charge is -2.31. The van der Waals surface area contributed by atoms with Gasteiger partial charge in [0.1, 0.15) is 5.75 Å². The van der Waals surface area contributed by atoms with Crippen molar-refractivity contribution in [2.45, 2.75) is 26.3 Å². The van der Waals surface area contributed by atoms with Crippen LogP contribution in [0.1, 0.15) is 25.3 Å². The molecule has 1 heterocycles. The molecule has 1 aromatic rings. The lowest BCUT2D eigenvalue weighted by Crippen LogP contribution is -2.39. The predicted octanol–water partition coefficient (Wildman–Crippen LogP) is 2.04. The van der Waals surface area contributed by atoms with Crippen molar-refractivity contribution < 1.29 is 9.53 Å². The predicted molar refractivity (Wildman–Crippen MR) is 79.7 cm³/mol. The Morgan fingerprint density at radius 2 is 2.15 bits per heavy atom. The number of amides is 1. The van der Waals surface area contributed by atoms with E-state index in [1.807, 2.05) is 19.1 Å². The molecule has 1 aromatic carbocycles. The van der Waals surface area contributed by atoms with Gasteiger partial charge in [0.05, 0.1) is 6.61 Å². The summed E-state index contributed by atoms with van der Waals surface area (Å²) in [6.07, 6.45) is 1.90. The molecule has 1 aliphatic rings. The number of nitrogens with zero attached hydrogens (tertiary/aromatic N) is 1. The Bertz CT molecular complexity index is 440. The molecule has 0 aliphatic carbocycles. The van der Waals surface area contributed by atoms with Crippen LogP contribution in [0.5, 0.6) is 5.75 Å². The minimum atomic E-state index is 0.183. The lowest BCUT2D eigenvalue weighted by molar-refractivity contribution is -0.125. The van der Waals surface area contributed by atoms with Gasteiger partial charge in [-0.05, 0) is 50.6 Å². The van der Waals surface area contributed by atoms with E-state index in [1.165, 1.54) is 5.56 Å². The maximum atomic E-state index is 11.6. The highest BCUT2D eigenvalue weighted by molar-refractivity contribution is 5.78. The first-order valence-corrected chi connectivity index (χ1v) is 7.38. The van der Waals surface area contributed by atoms with Crippen LogP contribution >= 0.6 is 0 Å². The summed E-state index contributed by atoms with van der Waals surface area (Å²) in [5.41, 5.74) is 1.27. The van der Waals surface area contributed by atoms with Gasteiger partial charge in [-0.25, -0.2) is 0 Å². The number of hydrogen-bond acceptors (Lipinski definition) is 3. The summed E-state index contributed by atoms with van der Waals surface area (Å²) in [5, 5.41) is 2.75. The molecule has 1 fully saturated rings. The van der Waals surface area contributed by atoms with Gasteiger partial charge in [0.25, 0.3) is 0 Å². The maximum Gasteiger partial charge on any atom is 0.222 e. The summed E-state index contributed by atoms with van der Waals surface area (Å²) in [5.74, 6) is 1.30. The summed E-state index contributed by atoms with van der Waals surface area (Å²) in [6.45, 7) is 5.59. The Kier molecular flexibility index (Phi) is 5.41. The lowest BCUT2D eigenvalue weighted by atomic mass is 9.95. The van der Waals surface area contributed by atoms with Crippen LogP contribution in [-0.2, 0) is 11.3 Å².